The first kappa shape index (κ1) is 24.1. The van der Waals surface area contributed by atoms with Gasteiger partial charge in [-0.2, -0.15) is 0 Å². The molecule has 0 aromatic heterocycles. The Kier molecular flexibility index (Phi) is 8.53. The number of benzene rings is 2. The minimum atomic E-state index is -3.77. The maximum atomic E-state index is 12.7. The van der Waals surface area contributed by atoms with Gasteiger partial charge in [-0.1, -0.05) is 19.4 Å². The van der Waals surface area contributed by atoms with Gasteiger partial charge in [0.05, 0.1) is 11.5 Å². The van der Waals surface area contributed by atoms with E-state index in [4.69, 9.17) is 4.74 Å². The highest BCUT2D eigenvalue weighted by molar-refractivity contribution is 7.92. The number of amides is 1. The summed E-state index contributed by atoms with van der Waals surface area (Å²) in [4.78, 5) is 15.3. The van der Waals surface area contributed by atoms with Crippen molar-refractivity contribution in [3.05, 3.63) is 54.1 Å². The highest BCUT2D eigenvalue weighted by Crippen LogP contribution is 2.20. The molecule has 1 aliphatic heterocycles. The molecule has 0 aliphatic carbocycles. The Bertz CT molecular complexity index is 985. The molecule has 1 fully saturated rings. The number of carbonyl (C=O) groups is 1. The van der Waals surface area contributed by atoms with Crippen molar-refractivity contribution in [2.45, 2.75) is 50.5 Å². The third-order valence-corrected chi connectivity index (χ3v) is 6.97. The summed E-state index contributed by atoms with van der Waals surface area (Å²) in [5.41, 5.74) is 0.784. The topological polar surface area (TPSA) is 87.7 Å². The molecule has 0 atom stereocenters. The zero-order chi connectivity index (χ0) is 23.0. The van der Waals surface area contributed by atoms with Gasteiger partial charge >= 0.3 is 0 Å². The van der Waals surface area contributed by atoms with Gasteiger partial charge in [0.15, 0.2) is 0 Å². The number of anilines is 1. The molecular weight excluding hydrogens is 426 g/mol. The van der Waals surface area contributed by atoms with Gasteiger partial charge in [0.25, 0.3) is 15.9 Å². The van der Waals surface area contributed by atoms with Crippen molar-refractivity contribution in [2.75, 3.05) is 31.0 Å². The van der Waals surface area contributed by atoms with Crippen molar-refractivity contribution >= 4 is 21.6 Å². The Morgan fingerprint density at radius 1 is 1.09 bits per heavy atom. The van der Waals surface area contributed by atoms with Crippen molar-refractivity contribution in [3.63, 3.8) is 0 Å². The number of nitrogens with zero attached hydrogens (tertiary/aromatic N) is 1. The zero-order valence-corrected chi connectivity index (χ0v) is 19.7. The van der Waals surface area contributed by atoms with E-state index in [1.807, 2.05) is 6.92 Å². The molecule has 1 saturated heterocycles. The number of piperidine rings is 1. The van der Waals surface area contributed by atoms with Crippen LogP contribution in [0, 0.1) is 0 Å². The summed E-state index contributed by atoms with van der Waals surface area (Å²) in [6.45, 7) is 7.68. The Morgan fingerprint density at radius 3 is 2.47 bits per heavy atom. The number of likely N-dealkylation sites (tertiary alicyclic amines) is 1. The van der Waals surface area contributed by atoms with E-state index in [1.54, 1.807) is 36.4 Å². The van der Waals surface area contributed by atoms with E-state index in [0.717, 1.165) is 32.5 Å². The van der Waals surface area contributed by atoms with E-state index < -0.39 is 10.0 Å². The third kappa shape index (κ3) is 6.71. The standard InChI is InChI=1S/C24H33N3O4S/c1-3-5-15-27-16-13-20(14-17-27)25-24(28)19-7-6-8-21(18-19)26-32(29,30)23-11-9-22(10-12-23)31-4-2/h6-12,18,20,26H,3-5,13-17H2,1-2H3,(H,25,28). The number of sulfonamides is 1. The van der Waals surface area contributed by atoms with Gasteiger partial charge in [0.2, 0.25) is 0 Å². The number of ether oxygens (including phenoxy) is 1. The first-order valence-corrected chi connectivity index (χ1v) is 12.8. The van der Waals surface area contributed by atoms with Crippen LogP contribution in [0.15, 0.2) is 53.4 Å². The molecule has 174 valence electrons. The van der Waals surface area contributed by atoms with Crippen molar-refractivity contribution < 1.29 is 17.9 Å². The largest absolute Gasteiger partial charge is 0.494 e. The van der Waals surface area contributed by atoms with Crippen LogP contribution >= 0.6 is 0 Å². The second kappa shape index (κ2) is 11.3. The Balaban J connectivity index is 1.59. The van der Waals surface area contributed by atoms with Crippen molar-refractivity contribution in [2.24, 2.45) is 0 Å². The van der Waals surface area contributed by atoms with Crippen LogP contribution in [0.3, 0.4) is 0 Å². The highest BCUT2D eigenvalue weighted by atomic mass is 32.2. The molecule has 2 aromatic rings. The molecular formula is C24H33N3O4S. The van der Waals surface area contributed by atoms with Crippen LogP contribution < -0.4 is 14.8 Å². The average Bonchev–Trinajstić information content (AvgIpc) is 2.79. The van der Waals surface area contributed by atoms with Gasteiger partial charge in [-0.15, -0.1) is 0 Å². The maximum absolute atomic E-state index is 12.7. The van der Waals surface area contributed by atoms with E-state index in [0.29, 0.717) is 23.6 Å². The summed E-state index contributed by atoms with van der Waals surface area (Å²) >= 11 is 0. The number of carbonyl (C=O) groups excluding carboxylic acids is 1. The number of hydrogen-bond donors (Lipinski definition) is 2. The van der Waals surface area contributed by atoms with Crippen molar-refractivity contribution in [1.29, 1.82) is 0 Å². The highest BCUT2D eigenvalue weighted by Gasteiger charge is 2.21. The molecule has 1 aliphatic rings. The Hall–Kier alpha value is -2.58. The average molecular weight is 460 g/mol. The fourth-order valence-electron chi connectivity index (χ4n) is 3.77. The molecule has 0 bridgehead atoms. The second-order valence-corrected chi connectivity index (χ2v) is 9.72. The molecule has 0 saturated carbocycles. The van der Waals surface area contributed by atoms with Crippen LogP contribution in [-0.2, 0) is 10.0 Å². The smallest absolute Gasteiger partial charge is 0.261 e. The van der Waals surface area contributed by atoms with Crippen LogP contribution in [0.5, 0.6) is 5.75 Å². The summed E-state index contributed by atoms with van der Waals surface area (Å²) < 4.78 is 33.3. The lowest BCUT2D eigenvalue weighted by Gasteiger charge is -2.32. The van der Waals surface area contributed by atoms with E-state index >= 15 is 0 Å². The second-order valence-electron chi connectivity index (χ2n) is 8.03. The fourth-order valence-corrected chi connectivity index (χ4v) is 4.82. The minimum absolute atomic E-state index is 0.130. The Morgan fingerprint density at radius 2 is 1.81 bits per heavy atom. The fraction of sp³-hybridized carbons (Fsp3) is 0.458. The van der Waals surface area contributed by atoms with E-state index in [9.17, 15) is 13.2 Å². The number of rotatable bonds is 10. The monoisotopic (exact) mass is 459 g/mol. The molecule has 2 N–H and O–H groups in total. The van der Waals surface area contributed by atoms with Gasteiger partial charge in [0.1, 0.15) is 5.75 Å². The van der Waals surface area contributed by atoms with Gasteiger partial charge in [-0.25, -0.2) is 8.42 Å². The molecule has 2 aromatic carbocycles. The van der Waals surface area contributed by atoms with Crippen molar-refractivity contribution in [3.8, 4) is 5.75 Å². The SMILES string of the molecule is CCCCN1CCC(NC(=O)c2cccc(NS(=O)(=O)c3ccc(OCC)cc3)c2)CC1. The molecule has 1 heterocycles. The molecule has 0 unspecified atom stereocenters. The van der Waals surface area contributed by atoms with Crippen LogP contribution in [0.4, 0.5) is 5.69 Å². The molecule has 8 heteroatoms. The lowest BCUT2D eigenvalue weighted by molar-refractivity contribution is 0.0911. The zero-order valence-electron chi connectivity index (χ0n) is 18.8. The van der Waals surface area contributed by atoms with E-state index in [2.05, 4.69) is 21.9 Å². The van der Waals surface area contributed by atoms with Crippen LogP contribution in [0.2, 0.25) is 0 Å². The van der Waals surface area contributed by atoms with Crippen LogP contribution in [-0.4, -0.2) is 51.5 Å². The van der Waals surface area contributed by atoms with Crippen LogP contribution in [0.1, 0.15) is 49.9 Å². The first-order valence-electron chi connectivity index (χ1n) is 11.3. The summed E-state index contributed by atoms with van der Waals surface area (Å²) in [6, 6.07) is 13.0. The molecule has 0 spiro atoms. The summed E-state index contributed by atoms with van der Waals surface area (Å²) in [5.74, 6) is 0.431. The van der Waals surface area contributed by atoms with Gasteiger partial charge in [-0.3, -0.25) is 9.52 Å². The first-order chi connectivity index (χ1) is 15.4. The summed E-state index contributed by atoms with van der Waals surface area (Å²) in [5, 5.41) is 3.09. The lowest BCUT2D eigenvalue weighted by atomic mass is 10.0. The van der Waals surface area contributed by atoms with Gasteiger partial charge in [0, 0.05) is 30.4 Å². The molecule has 7 nitrogen and oxygen atoms in total. The number of unbranched alkanes of at least 4 members (excludes halogenated alkanes) is 1. The lowest BCUT2D eigenvalue weighted by Crippen LogP contribution is -2.44. The van der Waals surface area contributed by atoms with E-state index in [-0.39, 0.29) is 16.8 Å². The normalized spacial score (nSPS) is 15.3. The molecule has 1 amide bonds. The maximum Gasteiger partial charge on any atom is 0.261 e. The minimum Gasteiger partial charge on any atom is -0.494 e. The molecule has 32 heavy (non-hydrogen) atoms. The summed E-state index contributed by atoms with van der Waals surface area (Å²) in [6.07, 6.45) is 4.25. The van der Waals surface area contributed by atoms with Gasteiger partial charge < -0.3 is 15.0 Å². The summed E-state index contributed by atoms with van der Waals surface area (Å²) in [7, 11) is -3.77. The predicted molar refractivity (Wildman–Crippen MR) is 127 cm³/mol. The molecule has 3 rings (SSSR count). The quantitative estimate of drug-likeness (QED) is 0.563. The van der Waals surface area contributed by atoms with E-state index in [1.165, 1.54) is 25.0 Å². The van der Waals surface area contributed by atoms with Crippen LogP contribution in [0.25, 0.3) is 0 Å². The third-order valence-electron chi connectivity index (χ3n) is 5.57. The molecule has 0 radical (unpaired) electrons. The number of nitrogens with one attached hydrogen (secondary N) is 2. The van der Waals surface area contributed by atoms with Crippen molar-refractivity contribution in [1.82, 2.24) is 10.2 Å². The Labute approximate surface area is 191 Å². The number of hydrogen-bond acceptors (Lipinski definition) is 5. The predicted octanol–water partition coefficient (Wildman–Crippen LogP) is 3.88. The van der Waals surface area contributed by atoms with Gasteiger partial charge in [-0.05, 0) is 75.2 Å².